The fourth-order valence-electron chi connectivity index (χ4n) is 3.58. The highest BCUT2D eigenvalue weighted by atomic mass is 32.2. The molecular formula is C26H33N3O3S2. The van der Waals surface area contributed by atoms with Crippen LogP contribution in [-0.2, 0) is 10.0 Å². The minimum Gasteiger partial charge on any atom is -0.298 e. The second-order valence-electron chi connectivity index (χ2n) is 8.45. The number of amides is 1. The lowest BCUT2D eigenvalue weighted by Crippen LogP contribution is -2.33. The summed E-state index contributed by atoms with van der Waals surface area (Å²) in [5.41, 5.74) is 4.52. The average molecular weight is 500 g/mol. The fraction of sp³-hybridized carbons (Fsp3) is 0.385. The van der Waals surface area contributed by atoms with Gasteiger partial charge >= 0.3 is 0 Å². The molecule has 182 valence electrons. The Kier molecular flexibility index (Phi) is 8.99. The van der Waals surface area contributed by atoms with Crippen LogP contribution in [0.4, 0.5) is 5.13 Å². The lowest BCUT2D eigenvalue weighted by Gasteiger charge is -2.22. The molecule has 0 atom stereocenters. The van der Waals surface area contributed by atoms with Crippen molar-refractivity contribution in [3.05, 3.63) is 64.5 Å². The fourth-order valence-corrected chi connectivity index (χ4v) is 5.81. The zero-order chi connectivity index (χ0) is 24.7. The highest BCUT2D eigenvalue weighted by molar-refractivity contribution is 7.89. The zero-order valence-electron chi connectivity index (χ0n) is 20.3. The Labute approximate surface area is 207 Å². The number of nitrogens with one attached hydrogen (secondary N) is 1. The van der Waals surface area contributed by atoms with Crippen LogP contribution in [0.5, 0.6) is 0 Å². The molecule has 0 spiro atoms. The molecule has 34 heavy (non-hydrogen) atoms. The molecule has 0 unspecified atom stereocenters. The van der Waals surface area contributed by atoms with Crippen LogP contribution in [0.3, 0.4) is 0 Å². The first-order chi connectivity index (χ1) is 16.3. The van der Waals surface area contributed by atoms with E-state index in [1.165, 1.54) is 23.5 Å². The Morgan fingerprint density at radius 1 is 1.00 bits per heavy atom. The van der Waals surface area contributed by atoms with Gasteiger partial charge in [-0.25, -0.2) is 13.4 Å². The van der Waals surface area contributed by atoms with E-state index < -0.39 is 10.0 Å². The number of aryl methyl sites for hydroxylation is 2. The highest BCUT2D eigenvalue weighted by Gasteiger charge is 2.24. The van der Waals surface area contributed by atoms with Gasteiger partial charge in [0.2, 0.25) is 10.0 Å². The molecule has 3 aromatic rings. The molecule has 8 heteroatoms. The largest absolute Gasteiger partial charge is 0.298 e. The Balaban J connectivity index is 1.73. The molecule has 0 saturated heterocycles. The summed E-state index contributed by atoms with van der Waals surface area (Å²) in [4.78, 5) is 17.5. The molecule has 1 heterocycles. The number of unbranched alkanes of at least 4 members (excludes halogenated alkanes) is 2. The topological polar surface area (TPSA) is 79.4 Å². The third-order valence-electron chi connectivity index (χ3n) is 5.67. The smallest absolute Gasteiger partial charge is 0.257 e. The van der Waals surface area contributed by atoms with Crippen LogP contribution in [0.25, 0.3) is 11.3 Å². The monoisotopic (exact) mass is 499 g/mol. The minimum absolute atomic E-state index is 0.211. The molecule has 2 aromatic carbocycles. The molecule has 0 radical (unpaired) electrons. The lowest BCUT2D eigenvalue weighted by atomic mass is 10.0. The van der Waals surface area contributed by atoms with Gasteiger partial charge in [-0.05, 0) is 62.6 Å². The number of nitrogens with zero attached hydrogens (tertiary/aromatic N) is 2. The van der Waals surface area contributed by atoms with Crippen molar-refractivity contribution in [1.82, 2.24) is 9.29 Å². The first kappa shape index (κ1) is 26.1. The van der Waals surface area contributed by atoms with Gasteiger partial charge in [0.1, 0.15) is 0 Å². The normalized spacial score (nSPS) is 11.7. The molecule has 0 aliphatic rings. The first-order valence-electron chi connectivity index (χ1n) is 11.7. The number of carbonyl (C=O) groups is 1. The Morgan fingerprint density at radius 3 is 2.26 bits per heavy atom. The van der Waals surface area contributed by atoms with E-state index in [1.54, 1.807) is 16.4 Å². The number of rotatable bonds is 11. The standard InChI is InChI=1S/C26H33N3O3S2/c1-5-7-15-29(16-8-6-2)34(31,32)22-13-11-21(12-14-22)25(30)28-26-27-24(18-33-26)23-17-19(3)9-10-20(23)4/h9-14,17-18H,5-8,15-16H2,1-4H3,(H,27,28,30). The number of aromatic nitrogens is 1. The third-order valence-corrected chi connectivity index (χ3v) is 8.34. The van der Waals surface area contributed by atoms with Crippen LogP contribution in [0.15, 0.2) is 52.7 Å². The molecule has 1 amide bonds. The molecule has 1 N–H and O–H groups in total. The molecule has 6 nitrogen and oxygen atoms in total. The van der Waals surface area contributed by atoms with E-state index in [0.717, 1.165) is 48.1 Å². The summed E-state index contributed by atoms with van der Waals surface area (Å²) in [6, 6.07) is 12.3. The SMILES string of the molecule is CCCCN(CCCC)S(=O)(=O)c1ccc(C(=O)Nc2nc(-c3cc(C)ccc3C)cs2)cc1. The van der Waals surface area contributed by atoms with Crippen molar-refractivity contribution in [2.24, 2.45) is 0 Å². The summed E-state index contributed by atoms with van der Waals surface area (Å²) < 4.78 is 27.8. The number of anilines is 1. The molecule has 1 aromatic heterocycles. The van der Waals surface area contributed by atoms with Crippen molar-refractivity contribution in [1.29, 1.82) is 0 Å². The van der Waals surface area contributed by atoms with Gasteiger partial charge < -0.3 is 0 Å². The summed E-state index contributed by atoms with van der Waals surface area (Å²) in [5.74, 6) is -0.320. The third kappa shape index (κ3) is 6.31. The number of benzene rings is 2. The number of hydrogen-bond donors (Lipinski definition) is 1. The predicted molar refractivity (Wildman–Crippen MR) is 140 cm³/mol. The van der Waals surface area contributed by atoms with Crippen molar-refractivity contribution in [2.75, 3.05) is 18.4 Å². The van der Waals surface area contributed by atoms with Crippen molar-refractivity contribution >= 4 is 32.4 Å². The second-order valence-corrected chi connectivity index (χ2v) is 11.2. The Morgan fingerprint density at radius 2 is 1.65 bits per heavy atom. The van der Waals surface area contributed by atoms with Crippen molar-refractivity contribution in [2.45, 2.75) is 58.3 Å². The van der Waals surface area contributed by atoms with Crippen molar-refractivity contribution < 1.29 is 13.2 Å². The van der Waals surface area contributed by atoms with Crippen molar-refractivity contribution in [3.8, 4) is 11.3 Å². The molecule has 0 saturated carbocycles. The van der Waals surface area contributed by atoms with Gasteiger partial charge in [-0.15, -0.1) is 11.3 Å². The average Bonchev–Trinajstić information content (AvgIpc) is 3.28. The zero-order valence-corrected chi connectivity index (χ0v) is 21.9. The van der Waals surface area contributed by atoms with Crippen LogP contribution in [0, 0.1) is 13.8 Å². The number of sulfonamides is 1. The van der Waals surface area contributed by atoms with Gasteiger partial charge in [-0.2, -0.15) is 4.31 Å². The highest BCUT2D eigenvalue weighted by Crippen LogP contribution is 2.28. The summed E-state index contributed by atoms with van der Waals surface area (Å²) in [6.07, 6.45) is 3.50. The van der Waals surface area contributed by atoms with Crippen LogP contribution in [-0.4, -0.2) is 36.7 Å². The molecular weight excluding hydrogens is 466 g/mol. The van der Waals surface area contributed by atoms with Gasteiger partial charge in [-0.3, -0.25) is 10.1 Å². The maximum Gasteiger partial charge on any atom is 0.257 e. The predicted octanol–water partition coefficient (Wildman–Crippen LogP) is 6.27. The van der Waals surface area contributed by atoms with E-state index >= 15 is 0 Å². The van der Waals surface area contributed by atoms with Crippen LogP contribution in [0.1, 0.15) is 61.0 Å². The van der Waals surface area contributed by atoms with Gasteiger partial charge in [0.15, 0.2) is 5.13 Å². The van der Waals surface area contributed by atoms with E-state index in [0.29, 0.717) is 23.8 Å². The maximum absolute atomic E-state index is 13.1. The van der Waals surface area contributed by atoms with E-state index in [4.69, 9.17) is 0 Å². The summed E-state index contributed by atoms with van der Waals surface area (Å²) in [5, 5.41) is 5.26. The van der Waals surface area contributed by atoms with Gasteiger partial charge in [0, 0.05) is 29.6 Å². The van der Waals surface area contributed by atoms with Gasteiger partial charge in [0.05, 0.1) is 10.6 Å². The second kappa shape index (κ2) is 11.7. The van der Waals surface area contributed by atoms with Crippen LogP contribution in [0.2, 0.25) is 0 Å². The van der Waals surface area contributed by atoms with Crippen LogP contribution < -0.4 is 5.32 Å². The van der Waals surface area contributed by atoms with E-state index in [1.807, 2.05) is 33.1 Å². The number of hydrogen-bond acceptors (Lipinski definition) is 5. The number of thiazole rings is 1. The van der Waals surface area contributed by atoms with Gasteiger partial charge in [0.25, 0.3) is 5.91 Å². The maximum atomic E-state index is 13.1. The summed E-state index contributed by atoms with van der Waals surface area (Å²) in [6.45, 7) is 9.18. The molecule has 0 aliphatic carbocycles. The van der Waals surface area contributed by atoms with E-state index in [-0.39, 0.29) is 10.8 Å². The van der Waals surface area contributed by atoms with Gasteiger partial charge in [-0.1, -0.05) is 44.4 Å². The Hall–Kier alpha value is -2.55. The Bertz CT molecular complexity index is 1210. The molecule has 3 rings (SSSR count). The van der Waals surface area contributed by atoms with Crippen molar-refractivity contribution in [3.63, 3.8) is 0 Å². The lowest BCUT2D eigenvalue weighted by molar-refractivity contribution is 0.102. The summed E-state index contributed by atoms with van der Waals surface area (Å²) >= 11 is 1.36. The van der Waals surface area contributed by atoms with E-state index in [2.05, 4.69) is 28.5 Å². The summed E-state index contributed by atoms with van der Waals surface area (Å²) in [7, 11) is -3.59. The first-order valence-corrected chi connectivity index (χ1v) is 14.0. The quantitative estimate of drug-likeness (QED) is 0.337. The van der Waals surface area contributed by atoms with E-state index in [9.17, 15) is 13.2 Å². The molecule has 0 bridgehead atoms. The van der Waals surface area contributed by atoms with Crippen LogP contribution >= 0.6 is 11.3 Å². The minimum atomic E-state index is -3.59. The molecule has 0 aliphatic heterocycles. The molecule has 0 fully saturated rings. The number of carbonyl (C=O) groups excluding carboxylic acids is 1.